The predicted octanol–water partition coefficient (Wildman–Crippen LogP) is 3.24. The summed E-state index contributed by atoms with van der Waals surface area (Å²) in [6.45, 7) is 5.17. The highest BCUT2D eigenvalue weighted by molar-refractivity contribution is 5.95. The minimum Gasteiger partial charge on any atom is -0.326 e. The molecule has 3 N–H and O–H groups in total. The summed E-state index contributed by atoms with van der Waals surface area (Å²) in [7, 11) is 0. The normalized spacial score (nSPS) is 14.7. The zero-order chi connectivity index (χ0) is 21.5. The first-order chi connectivity index (χ1) is 14.4. The van der Waals surface area contributed by atoms with Gasteiger partial charge < -0.3 is 16.0 Å². The van der Waals surface area contributed by atoms with Crippen molar-refractivity contribution in [2.24, 2.45) is 5.92 Å². The maximum absolute atomic E-state index is 12.6. The zero-order valence-corrected chi connectivity index (χ0v) is 17.4. The van der Waals surface area contributed by atoms with Crippen LogP contribution in [-0.4, -0.2) is 42.3 Å². The number of nitrogens with one attached hydrogen (secondary N) is 3. The fraction of sp³-hybridized carbons (Fsp3) is 0.348. The third-order valence-electron chi connectivity index (χ3n) is 5.11. The fourth-order valence-corrected chi connectivity index (χ4v) is 3.52. The lowest BCUT2D eigenvalue weighted by molar-refractivity contribution is -0.121. The Labute approximate surface area is 176 Å². The number of anilines is 3. The summed E-state index contributed by atoms with van der Waals surface area (Å²) in [4.78, 5) is 38.1. The molecular weight excluding hydrogens is 380 g/mol. The van der Waals surface area contributed by atoms with E-state index in [1.165, 1.54) is 6.92 Å². The Hall–Kier alpha value is -3.19. The standard InChI is InChI=1S/C23H28N4O3/c1-16-6-8-19(9-7-16)25-22(29)15-27-12-10-18(11-13-27)23(30)26-21-5-3-4-20(14-21)24-17(2)28/h3-9,14,18H,10-13,15H2,1-2H3,(H,24,28)(H,25,29)(H,26,30). The molecule has 158 valence electrons. The molecule has 7 nitrogen and oxygen atoms in total. The van der Waals surface area contributed by atoms with Crippen LogP contribution in [0.15, 0.2) is 48.5 Å². The van der Waals surface area contributed by atoms with Crippen LogP contribution in [0.2, 0.25) is 0 Å². The number of hydrogen-bond acceptors (Lipinski definition) is 4. The molecule has 0 aliphatic carbocycles. The Balaban J connectivity index is 1.44. The van der Waals surface area contributed by atoms with E-state index in [4.69, 9.17) is 0 Å². The van der Waals surface area contributed by atoms with Gasteiger partial charge in [-0.15, -0.1) is 0 Å². The molecule has 0 spiro atoms. The van der Waals surface area contributed by atoms with Gasteiger partial charge in [0, 0.05) is 29.9 Å². The average molecular weight is 409 g/mol. The maximum Gasteiger partial charge on any atom is 0.238 e. The van der Waals surface area contributed by atoms with E-state index in [0.29, 0.717) is 43.9 Å². The van der Waals surface area contributed by atoms with Gasteiger partial charge in [0.2, 0.25) is 17.7 Å². The second-order valence-electron chi connectivity index (χ2n) is 7.72. The number of aryl methyl sites for hydroxylation is 1. The summed E-state index contributed by atoms with van der Waals surface area (Å²) >= 11 is 0. The number of benzene rings is 2. The number of rotatable bonds is 6. The largest absolute Gasteiger partial charge is 0.326 e. The van der Waals surface area contributed by atoms with E-state index in [9.17, 15) is 14.4 Å². The van der Waals surface area contributed by atoms with Crippen molar-refractivity contribution >= 4 is 34.8 Å². The summed E-state index contributed by atoms with van der Waals surface area (Å²) in [5.74, 6) is -0.321. The lowest BCUT2D eigenvalue weighted by Crippen LogP contribution is -2.41. The molecule has 2 aromatic rings. The van der Waals surface area contributed by atoms with Crippen molar-refractivity contribution in [3.63, 3.8) is 0 Å². The number of amides is 3. The first kappa shape index (κ1) is 21.5. The maximum atomic E-state index is 12.6. The van der Waals surface area contributed by atoms with Crippen LogP contribution in [0.5, 0.6) is 0 Å². The van der Waals surface area contributed by atoms with E-state index >= 15 is 0 Å². The molecule has 0 aromatic heterocycles. The second kappa shape index (κ2) is 10.0. The molecule has 1 saturated heterocycles. The van der Waals surface area contributed by atoms with Crippen molar-refractivity contribution in [2.75, 3.05) is 35.6 Å². The molecule has 0 unspecified atom stereocenters. The van der Waals surface area contributed by atoms with E-state index < -0.39 is 0 Å². The Bertz CT molecular complexity index is 903. The van der Waals surface area contributed by atoms with Gasteiger partial charge in [0.05, 0.1) is 6.54 Å². The SMILES string of the molecule is CC(=O)Nc1cccc(NC(=O)C2CCN(CC(=O)Nc3ccc(C)cc3)CC2)c1. The number of carbonyl (C=O) groups is 3. The van der Waals surface area contributed by atoms with Crippen LogP contribution in [0, 0.1) is 12.8 Å². The molecule has 3 rings (SSSR count). The quantitative estimate of drug-likeness (QED) is 0.684. The molecule has 1 aliphatic rings. The van der Waals surface area contributed by atoms with E-state index in [-0.39, 0.29) is 23.6 Å². The summed E-state index contributed by atoms with van der Waals surface area (Å²) < 4.78 is 0. The molecule has 1 fully saturated rings. The second-order valence-corrected chi connectivity index (χ2v) is 7.72. The van der Waals surface area contributed by atoms with Gasteiger partial charge in [0.1, 0.15) is 0 Å². The third kappa shape index (κ3) is 6.42. The van der Waals surface area contributed by atoms with Gasteiger partial charge in [0.15, 0.2) is 0 Å². The van der Waals surface area contributed by atoms with Crippen molar-refractivity contribution in [2.45, 2.75) is 26.7 Å². The van der Waals surface area contributed by atoms with E-state index in [1.54, 1.807) is 24.3 Å². The monoisotopic (exact) mass is 408 g/mol. The first-order valence-electron chi connectivity index (χ1n) is 10.2. The Morgan fingerprint density at radius 2 is 1.53 bits per heavy atom. The summed E-state index contributed by atoms with van der Waals surface area (Å²) in [6, 6.07) is 14.8. The molecule has 0 atom stereocenters. The number of hydrogen-bond donors (Lipinski definition) is 3. The number of carbonyl (C=O) groups excluding carboxylic acids is 3. The van der Waals surface area contributed by atoms with Crippen molar-refractivity contribution in [3.8, 4) is 0 Å². The van der Waals surface area contributed by atoms with Crippen LogP contribution >= 0.6 is 0 Å². The van der Waals surface area contributed by atoms with Gasteiger partial charge in [0.25, 0.3) is 0 Å². The van der Waals surface area contributed by atoms with Crippen molar-refractivity contribution in [3.05, 3.63) is 54.1 Å². The van der Waals surface area contributed by atoms with Crippen LogP contribution in [0.4, 0.5) is 17.1 Å². The van der Waals surface area contributed by atoms with Gasteiger partial charge in [-0.1, -0.05) is 23.8 Å². The fourth-order valence-electron chi connectivity index (χ4n) is 3.52. The topological polar surface area (TPSA) is 90.5 Å². The summed E-state index contributed by atoms with van der Waals surface area (Å²) in [5, 5.41) is 8.55. The minimum absolute atomic E-state index is 0.0290. The van der Waals surface area contributed by atoms with Crippen LogP contribution in [0.3, 0.4) is 0 Å². The van der Waals surface area contributed by atoms with Gasteiger partial charge in [-0.3, -0.25) is 19.3 Å². The highest BCUT2D eigenvalue weighted by Crippen LogP contribution is 2.21. The third-order valence-corrected chi connectivity index (χ3v) is 5.11. The Morgan fingerprint density at radius 1 is 0.900 bits per heavy atom. The highest BCUT2D eigenvalue weighted by Gasteiger charge is 2.26. The molecule has 30 heavy (non-hydrogen) atoms. The molecule has 2 aromatic carbocycles. The van der Waals surface area contributed by atoms with Crippen LogP contribution in [0.25, 0.3) is 0 Å². The minimum atomic E-state index is -0.155. The van der Waals surface area contributed by atoms with Crippen molar-refractivity contribution in [1.82, 2.24) is 4.90 Å². The Morgan fingerprint density at radius 3 is 2.17 bits per heavy atom. The average Bonchev–Trinajstić information content (AvgIpc) is 2.70. The predicted molar refractivity (Wildman–Crippen MR) is 118 cm³/mol. The van der Waals surface area contributed by atoms with Crippen LogP contribution in [0.1, 0.15) is 25.3 Å². The zero-order valence-electron chi connectivity index (χ0n) is 17.4. The Kier molecular flexibility index (Phi) is 7.19. The molecular formula is C23H28N4O3. The summed E-state index contributed by atoms with van der Waals surface area (Å²) in [6.07, 6.45) is 1.41. The smallest absolute Gasteiger partial charge is 0.238 e. The lowest BCUT2D eigenvalue weighted by Gasteiger charge is -2.30. The van der Waals surface area contributed by atoms with Gasteiger partial charge in [-0.05, 0) is 63.2 Å². The molecule has 3 amide bonds. The van der Waals surface area contributed by atoms with Crippen LogP contribution < -0.4 is 16.0 Å². The molecule has 7 heteroatoms. The summed E-state index contributed by atoms with van der Waals surface area (Å²) in [5.41, 5.74) is 3.25. The lowest BCUT2D eigenvalue weighted by atomic mass is 9.95. The van der Waals surface area contributed by atoms with Gasteiger partial charge >= 0.3 is 0 Å². The number of piperidine rings is 1. The van der Waals surface area contributed by atoms with Crippen LogP contribution in [-0.2, 0) is 14.4 Å². The van der Waals surface area contributed by atoms with E-state index in [1.807, 2.05) is 31.2 Å². The molecule has 1 aliphatic heterocycles. The molecule has 0 bridgehead atoms. The molecule has 0 radical (unpaired) electrons. The van der Waals surface area contributed by atoms with E-state index in [0.717, 1.165) is 11.3 Å². The van der Waals surface area contributed by atoms with Gasteiger partial charge in [-0.2, -0.15) is 0 Å². The number of nitrogens with zero attached hydrogens (tertiary/aromatic N) is 1. The van der Waals surface area contributed by atoms with Crippen molar-refractivity contribution in [1.29, 1.82) is 0 Å². The van der Waals surface area contributed by atoms with Gasteiger partial charge in [-0.25, -0.2) is 0 Å². The van der Waals surface area contributed by atoms with E-state index in [2.05, 4.69) is 20.9 Å². The highest BCUT2D eigenvalue weighted by atomic mass is 16.2. The number of likely N-dealkylation sites (tertiary alicyclic amines) is 1. The molecule has 1 heterocycles. The first-order valence-corrected chi connectivity index (χ1v) is 10.2. The van der Waals surface area contributed by atoms with Crippen molar-refractivity contribution < 1.29 is 14.4 Å². The molecule has 0 saturated carbocycles.